The van der Waals surface area contributed by atoms with Crippen LogP contribution in [-0.4, -0.2) is 53.9 Å². The molecule has 24 heavy (non-hydrogen) atoms. The number of para-hydroxylation sites is 1. The Bertz CT molecular complexity index is 643. The monoisotopic (exact) mass is 329 g/mol. The average Bonchev–Trinajstić information content (AvgIpc) is 2.59. The second kappa shape index (κ2) is 7.82. The van der Waals surface area contributed by atoms with Crippen LogP contribution in [0.4, 0.5) is 0 Å². The van der Waals surface area contributed by atoms with Crippen LogP contribution in [0.5, 0.6) is 5.75 Å². The van der Waals surface area contributed by atoms with Crippen LogP contribution >= 0.6 is 0 Å². The zero-order valence-electron chi connectivity index (χ0n) is 14.4. The van der Waals surface area contributed by atoms with Gasteiger partial charge in [-0.05, 0) is 18.1 Å². The van der Waals surface area contributed by atoms with Crippen molar-refractivity contribution in [3.8, 4) is 11.8 Å². The Kier molecular flexibility index (Phi) is 5.80. The molecule has 0 bridgehead atoms. The van der Waals surface area contributed by atoms with E-state index >= 15 is 0 Å². The number of hydrogen-bond donors (Lipinski definition) is 0. The number of amides is 2. The first-order valence-electron chi connectivity index (χ1n) is 8.14. The molecule has 1 aliphatic rings. The second-order valence-electron chi connectivity index (χ2n) is 6.22. The SMILES string of the molecule is CC(=O)N1CCN(C(=O)[C@H](Oc2ccccc2C#N)C(C)C)CC1. The number of carbonyl (C=O) groups is 2. The molecular weight excluding hydrogens is 306 g/mol. The van der Waals surface area contributed by atoms with Crippen LogP contribution < -0.4 is 4.74 Å². The smallest absolute Gasteiger partial charge is 0.264 e. The Morgan fingerprint density at radius 3 is 2.25 bits per heavy atom. The van der Waals surface area contributed by atoms with Crippen LogP contribution in [0.15, 0.2) is 24.3 Å². The highest BCUT2D eigenvalue weighted by Crippen LogP contribution is 2.22. The third kappa shape index (κ3) is 4.05. The van der Waals surface area contributed by atoms with E-state index in [4.69, 9.17) is 4.74 Å². The van der Waals surface area contributed by atoms with E-state index < -0.39 is 6.10 Å². The number of piperazine rings is 1. The number of benzene rings is 1. The number of hydrogen-bond acceptors (Lipinski definition) is 4. The molecule has 0 aliphatic carbocycles. The Hall–Kier alpha value is -2.55. The molecule has 128 valence electrons. The lowest BCUT2D eigenvalue weighted by atomic mass is 10.0. The largest absolute Gasteiger partial charge is 0.479 e. The van der Waals surface area contributed by atoms with Gasteiger partial charge < -0.3 is 14.5 Å². The Balaban J connectivity index is 2.09. The lowest BCUT2D eigenvalue weighted by molar-refractivity contribution is -0.145. The van der Waals surface area contributed by atoms with Crippen molar-refractivity contribution in [1.82, 2.24) is 9.80 Å². The summed E-state index contributed by atoms with van der Waals surface area (Å²) in [5, 5.41) is 9.18. The molecule has 0 radical (unpaired) electrons. The quantitative estimate of drug-likeness (QED) is 0.842. The van der Waals surface area contributed by atoms with Crippen LogP contribution in [0, 0.1) is 17.2 Å². The third-order valence-electron chi connectivity index (χ3n) is 4.15. The summed E-state index contributed by atoms with van der Waals surface area (Å²) >= 11 is 0. The maximum Gasteiger partial charge on any atom is 0.264 e. The summed E-state index contributed by atoms with van der Waals surface area (Å²) in [5.74, 6) is 0.326. The van der Waals surface area contributed by atoms with Crippen molar-refractivity contribution in [3.05, 3.63) is 29.8 Å². The summed E-state index contributed by atoms with van der Waals surface area (Å²) in [6.07, 6.45) is -0.650. The molecule has 1 atom stereocenters. The minimum Gasteiger partial charge on any atom is -0.479 e. The molecule has 2 rings (SSSR count). The average molecular weight is 329 g/mol. The molecule has 0 unspecified atom stereocenters. The number of ether oxygens (including phenoxy) is 1. The van der Waals surface area contributed by atoms with Gasteiger partial charge in [0, 0.05) is 33.1 Å². The van der Waals surface area contributed by atoms with Gasteiger partial charge in [0.05, 0.1) is 5.56 Å². The first-order valence-corrected chi connectivity index (χ1v) is 8.14. The van der Waals surface area contributed by atoms with Gasteiger partial charge in [0.2, 0.25) is 5.91 Å². The summed E-state index contributed by atoms with van der Waals surface area (Å²) in [5.41, 5.74) is 0.414. The van der Waals surface area contributed by atoms with E-state index in [2.05, 4.69) is 6.07 Å². The van der Waals surface area contributed by atoms with E-state index in [-0.39, 0.29) is 17.7 Å². The number of rotatable bonds is 4. The van der Waals surface area contributed by atoms with E-state index in [1.165, 1.54) is 6.92 Å². The molecule has 1 aliphatic heterocycles. The van der Waals surface area contributed by atoms with Crippen molar-refractivity contribution in [3.63, 3.8) is 0 Å². The molecule has 6 heteroatoms. The molecule has 0 saturated carbocycles. The Labute approximate surface area is 142 Å². The van der Waals surface area contributed by atoms with Gasteiger partial charge in [-0.1, -0.05) is 26.0 Å². The van der Waals surface area contributed by atoms with Crippen molar-refractivity contribution in [1.29, 1.82) is 5.26 Å². The van der Waals surface area contributed by atoms with Crippen LogP contribution in [0.25, 0.3) is 0 Å². The van der Waals surface area contributed by atoms with Crippen molar-refractivity contribution >= 4 is 11.8 Å². The lowest BCUT2D eigenvalue weighted by Gasteiger charge is -2.36. The van der Waals surface area contributed by atoms with E-state index in [0.717, 1.165) is 0 Å². The van der Waals surface area contributed by atoms with E-state index in [0.29, 0.717) is 37.5 Å². The minimum atomic E-state index is -0.650. The molecule has 1 aromatic rings. The molecule has 6 nitrogen and oxygen atoms in total. The molecular formula is C18H23N3O3. The first-order chi connectivity index (χ1) is 11.4. The maximum absolute atomic E-state index is 12.8. The van der Waals surface area contributed by atoms with Crippen molar-refractivity contribution in [2.45, 2.75) is 26.9 Å². The topological polar surface area (TPSA) is 73.6 Å². The minimum absolute atomic E-state index is 0.0294. The Morgan fingerprint density at radius 2 is 1.71 bits per heavy atom. The molecule has 1 saturated heterocycles. The molecule has 0 spiro atoms. The van der Waals surface area contributed by atoms with Gasteiger partial charge in [0.15, 0.2) is 6.10 Å². The van der Waals surface area contributed by atoms with Gasteiger partial charge >= 0.3 is 0 Å². The van der Waals surface area contributed by atoms with Gasteiger partial charge in [0.25, 0.3) is 5.91 Å². The number of nitriles is 1. The van der Waals surface area contributed by atoms with Crippen LogP contribution in [0.2, 0.25) is 0 Å². The van der Waals surface area contributed by atoms with Gasteiger partial charge in [0.1, 0.15) is 11.8 Å². The predicted molar refractivity (Wildman–Crippen MR) is 89.2 cm³/mol. The standard InChI is InChI=1S/C18H23N3O3/c1-13(2)17(24-16-7-5-4-6-15(16)12-19)18(23)21-10-8-20(9-11-21)14(3)22/h4-7,13,17H,8-11H2,1-3H3/t17-/m1/s1. The van der Waals surface area contributed by atoms with Gasteiger partial charge in [-0.15, -0.1) is 0 Å². The molecule has 1 aromatic carbocycles. The fraction of sp³-hybridized carbons (Fsp3) is 0.500. The molecule has 2 amide bonds. The normalized spacial score (nSPS) is 15.8. The second-order valence-corrected chi connectivity index (χ2v) is 6.22. The summed E-state index contributed by atoms with van der Waals surface area (Å²) in [4.78, 5) is 27.7. The van der Waals surface area contributed by atoms with Crippen molar-refractivity contribution in [2.75, 3.05) is 26.2 Å². The fourth-order valence-corrected chi connectivity index (χ4v) is 2.69. The zero-order valence-corrected chi connectivity index (χ0v) is 14.4. The fourth-order valence-electron chi connectivity index (χ4n) is 2.69. The highest BCUT2D eigenvalue weighted by atomic mass is 16.5. The van der Waals surface area contributed by atoms with Gasteiger partial charge in [-0.2, -0.15) is 5.26 Å². The predicted octanol–water partition coefficient (Wildman–Crippen LogP) is 1.65. The van der Waals surface area contributed by atoms with Crippen molar-refractivity contribution < 1.29 is 14.3 Å². The summed E-state index contributed by atoms with van der Waals surface area (Å²) in [6, 6.07) is 9.00. The molecule has 0 aromatic heterocycles. The molecule has 1 fully saturated rings. The van der Waals surface area contributed by atoms with E-state index in [9.17, 15) is 14.9 Å². The maximum atomic E-state index is 12.8. The van der Waals surface area contributed by atoms with E-state index in [1.54, 1.807) is 34.1 Å². The molecule has 0 N–H and O–H groups in total. The lowest BCUT2D eigenvalue weighted by Crippen LogP contribution is -2.54. The Morgan fingerprint density at radius 1 is 1.12 bits per heavy atom. The van der Waals surface area contributed by atoms with Crippen molar-refractivity contribution in [2.24, 2.45) is 5.92 Å². The van der Waals surface area contributed by atoms with Crippen LogP contribution in [0.3, 0.4) is 0 Å². The summed E-state index contributed by atoms with van der Waals surface area (Å²) in [6.45, 7) is 7.47. The highest BCUT2D eigenvalue weighted by Gasteiger charge is 2.32. The molecule has 1 heterocycles. The zero-order chi connectivity index (χ0) is 17.7. The van der Waals surface area contributed by atoms with Crippen LogP contribution in [-0.2, 0) is 9.59 Å². The highest BCUT2D eigenvalue weighted by molar-refractivity contribution is 5.82. The number of nitrogens with zero attached hydrogens (tertiary/aromatic N) is 3. The first kappa shape index (κ1) is 17.8. The van der Waals surface area contributed by atoms with Crippen LogP contribution in [0.1, 0.15) is 26.3 Å². The third-order valence-corrected chi connectivity index (χ3v) is 4.15. The van der Waals surface area contributed by atoms with Gasteiger partial charge in [-0.3, -0.25) is 9.59 Å². The summed E-state index contributed by atoms with van der Waals surface area (Å²) in [7, 11) is 0. The van der Waals surface area contributed by atoms with Gasteiger partial charge in [-0.25, -0.2) is 0 Å². The van der Waals surface area contributed by atoms with E-state index in [1.807, 2.05) is 13.8 Å². The summed E-state index contributed by atoms with van der Waals surface area (Å²) < 4.78 is 5.89. The number of carbonyl (C=O) groups excluding carboxylic acids is 2.